The van der Waals surface area contributed by atoms with Crippen LogP contribution in [0.2, 0.25) is 0 Å². The van der Waals surface area contributed by atoms with Crippen LogP contribution in [0.5, 0.6) is 0 Å². The molecule has 154 valence electrons. The van der Waals surface area contributed by atoms with E-state index in [-0.39, 0.29) is 36.7 Å². The summed E-state index contributed by atoms with van der Waals surface area (Å²) in [6, 6.07) is 16.0. The predicted octanol–water partition coefficient (Wildman–Crippen LogP) is 3.04. The lowest BCUT2D eigenvalue weighted by molar-refractivity contribution is -0.118. The summed E-state index contributed by atoms with van der Waals surface area (Å²) in [5.41, 5.74) is 3.05. The third-order valence-corrected chi connectivity index (χ3v) is 5.03. The summed E-state index contributed by atoms with van der Waals surface area (Å²) in [6.07, 6.45) is 0. The Morgan fingerprint density at radius 3 is 2.77 bits per heavy atom. The van der Waals surface area contributed by atoms with E-state index < -0.39 is 0 Å². The zero-order chi connectivity index (χ0) is 21.1. The van der Waals surface area contributed by atoms with Crippen LogP contribution in [0.25, 0.3) is 11.1 Å². The highest BCUT2D eigenvalue weighted by atomic mass is 19.1. The summed E-state index contributed by atoms with van der Waals surface area (Å²) in [4.78, 5) is 17.5. The smallest absolute Gasteiger partial charge is 0.253 e. The monoisotopic (exact) mass is 408 g/mol. The van der Waals surface area contributed by atoms with Crippen LogP contribution in [-0.4, -0.2) is 46.7 Å². The molecule has 0 spiro atoms. The molecule has 2 N–H and O–H groups in total. The molecule has 1 fully saturated rings. The number of carbonyl (C=O) groups is 1. The zero-order valence-electron chi connectivity index (χ0n) is 16.4. The normalized spacial score (nSPS) is 16.2. The van der Waals surface area contributed by atoms with Gasteiger partial charge in [-0.25, -0.2) is 4.39 Å². The van der Waals surface area contributed by atoms with Crippen molar-refractivity contribution in [3.8, 4) is 11.1 Å². The molecule has 8 heteroatoms. The number of carbonyl (C=O) groups excluding carboxylic acids is 1. The van der Waals surface area contributed by atoms with Crippen LogP contribution in [0.15, 0.2) is 64.1 Å². The highest BCUT2D eigenvalue weighted by Gasteiger charge is 2.25. The molecule has 3 aromatic rings. The number of halogens is 1. The highest BCUT2D eigenvalue weighted by molar-refractivity contribution is 6.04. The highest BCUT2D eigenvalue weighted by Crippen LogP contribution is 2.29. The number of amides is 1. The molecule has 7 nitrogen and oxygen atoms in total. The van der Waals surface area contributed by atoms with Crippen molar-refractivity contribution in [1.82, 2.24) is 15.4 Å². The van der Waals surface area contributed by atoms with Crippen LogP contribution < -0.4 is 5.32 Å². The number of aromatic nitrogens is 1. The maximum atomic E-state index is 14.0. The largest absolute Gasteiger partial charge is 0.395 e. The second kappa shape index (κ2) is 8.46. The van der Waals surface area contributed by atoms with E-state index in [1.54, 1.807) is 23.1 Å². The number of β-amino-alcohol motifs (C(OH)–C–C–N with tert-alkyl or cyclic N) is 1. The van der Waals surface area contributed by atoms with Gasteiger partial charge in [0.1, 0.15) is 12.4 Å². The number of hydrogen-bond acceptors (Lipinski definition) is 5. The summed E-state index contributed by atoms with van der Waals surface area (Å²) >= 11 is 0. The summed E-state index contributed by atoms with van der Waals surface area (Å²) in [7, 11) is 0. The van der Waals surface area contributed by atoms with Gasteiger partial charge in [-0.15, -0.1) is 0 Å². The van der Waals surface area contributed by atoms with E-state index in [0.29, 0.717) is 23.8 Å². The topological polar surface area (TPSA) is 91.0 Å². The summed E-state index contributed by atoms with van der Waals surface area (Å²) < 4.78 is 19.3. The van der Waals surface area contributed by atoms with Gasteiger partial charge >= 0.3 is 0 Å². The Kier molecular flexibility index (Phi) is 5.58. The fraction of sp³-hybridized carbons (Fsp3) is 0.227. The molecule has 0 saturated carbocycles. The van der Waals surface area contributed by atoms with Gasteiger partial charge in [-0.3, -0.25) is 10.1 Å². The maximum absolute atomic E-state index is 14.0. The molecule has 0 radical (unpaired) electrons. The van der Waals surface area contributed by atoms with Crippen LogP contribution in [-0.2, 0) is 4.79 Å². The number of aliphatic imine (C=N–C) groups is 1. The molecule has 0 aliphatic carbocycles. The van der Waals surface area contributed by atoms with Crippen LogP contribution in [0.3, 0.4) is 0 Å². The molecule has 1 aliphatic rings. The van der Waals surface area contributed by atoms with Crippen molar-refractivity contribution in [2.24, 2.45) is 4.99 Å². The van der Waals surface area contributed by atoms with E-state index in [4.69, 9.17) is 9.63 Å². The Labute approximate surface area is 172 Å². The number of rotatable bonds is 6. The Morgan fingerprint density at radius 1 is 1.27 bits per heavy atom. The molecule has 30 heavy (non-hydrogen) atoms. The van der Waals surface area contributed by atoms with Gasteiger partial charge in [0.2, 0.25) is 11.9 Å². The molecule has 1 unspecified atom stereocenters. The zero-order valence-corrected chi connectivity index (χ0v) is 16.4. The number of guanidine groups is 1. The van der Waals surface area contributed by atoms with Gasteiger partial charge in [-0.2, -0.15) is 4.99 Å². The summed E-state index contributed by atoms with van der Waals surface area (Å²) in [5, 5.41) is 15.9. The lowest BCUT2D eigenvalue weighted by atomic mass is 9.95. The number of benzene rings is 2. The third kappa shape index (κ3) is 4.08. The van der Waals surface area contributed by atoms with Gasteiger partial charge in [0.15, 0.2) is 0 Å². The SMILES string of the molecule is CC(c1ccc(-c2ccccc2F)cc1)c1cc(/N=C2\NC(=O)CN2CCO)on1. The molecule has 2 heterocycles. The molecule has 0 bridgehead atoms. The fourth-order valence-electron chi connectivity index (χ4n) is 3.35. The van der Waals surface area contributed by atoms with Gasteiger partial charge in [-0.1, -0.05) is 54.5 Å². The van der Waals surface area contributed by atoms with E-state index in [1.165, 1.54) is 6.07 Å². The number of aliphatic hydroxyl groups excluding tert-OH is 1. The van der Waals surface area contributed by atoms with E-state index in [9.17, 15) is 9.18 Å². The van der Waals surface area contributed by atoms with E-state index in [2.05, 4.69) is 15.5 Å². The van der Waals surface area contributed by atoms with Gasteiger partial charge < -0.3 is 14.5 Å². The second-order valence-corrected chi connectivity index (χ2v) is 7.04. The summed E-state index contributed by atoms with van der Waals surface area (Å²) in [5.74, 6) is 0.0840. The minimum Gasteiger partial charge on any atom is -0.395 e. The number of nitrogens with one attached hydrogen (secondary N) is 1. The minimum atomic E-state index is -0.257. The second-order valence-electron chi connectivity index (χ2n) is 7.04. The van der Waals surface area contributed by atoms with Crippen molar-refractivity contribution in [2.75, 3.05) is 19.7 Å². The molecular formula is C22H21FN4O3. The molecule has 1 aromatic heterocycles. The fourth-order valence-corrected chi connectivity index (χ4v) is 3.35. The van der Waals surface area contributed by atoms with Crippen molar-refractivity contribution in [1.29, 1.82) is 0 Å². The Hall–Kier alpha value is -3.52. The maximum Gasteiger partial charge on any atom is 0.253 e. The molecule has 1 saturated heterocycles. The van der Waals surface area contributed by atoms with Gasteiger partial charge in [0.05, 0.1) is 12.3 Å². The number of hydrogen-bond donors (Lipinski definition) is 2. The van der Waals surface area contributed by atoms with Gasteiger partial charge in [0, 0.05) is 24.1 Å². The first-order chi connectivity index (χ1) is 14.5. The van der Waals surface area contributed by atoms with Crippen molar-refractivity contribution in [3.05, 3.63) is 71.7 Å². The number of nitrogens with zero attached hydrogens (tertiary/aromatic N) is 3. The van der Waals surface area contributed by atoms with Crippen LogP contribution in [0.1, 0.15) is 24.1 Å². The molecular weight excluding hydrogens is 387 g/mol. The van der Waals surface area contributed by atoms with E-state index in [0.717, 1.165) is 11.1 Å². The molecule has 1 aliphatic heterocycles. The van der Waals surface area contributed by atoms with Crippen molar-refractivity contribution < 1.29 is 18.8 Å². The van der Waals surface area contributed by atoms with Crippen molar-refractivity contribution in [2.45, 2.75) is 12.8 Å². The summed E-state index contributed by atoms with van der Waals surface area (Å²) in [6.45, 7) is 2.34. The van der Waals surface area contributed by atoms with Gasteiger partial charge in [-0.05, 0) is 17.2 Å². The lowest BCUT2D eigenvalue weighted by Crippen LogP contribution is -2.32. The minimum absolute atomic E-state index is 0.0657. The van der Waals surface area contributed by atoms with Crippen LogP contribution in [0.4, 0.5) is 10.3 Å². The first-order valence-corrected chi connectivity index (χ1v) is 9.61. The van der Waals surface area contributed by atoms with E-state index in [1.807, 2.05) is 37.3 Å². The van der Waals surface area contributed by atoms with Gasteiger partial charge in [0.25, 0.3) is 5.88 Å². The van der Waals surface area contributed by atoms with E-state index >= 15 is 0 Å². The molecule has 2 aromatic carbocycles. The molecule has 4 rings (SSSR count). The average Bonchev–Trinajstić information content (AvgIpc) is 3.35. The first kappa shape index (κ1) is 19.8. The molecule has 1 atom stereocenters. The first-order valence-electron chi connectivity index (χ1n) is 9.61. The average molecular weight is 408 g/mol. The Morgan fingerprint density at radius 2 is 2.03 bits per heavy atom. The Balaban J connectivity index is 1.52. The quantitative estimate of drug-likeness (QED) is 0.654. The third-order valence-electron chi connectivity index (χ3n) is 5.03. The van der Waals surface area contributed by atoms with Crippen molar-refractivity contribution >= 4 is 17.8 Å². The Bertz CT molecular complexity index is 1080. The standard InChI is InChI=1S/C22H21FN4O3/c1-14(15-6-8-16(9-7-15)17-4-2-3-5-18(17)23)19-12-21(30-26-19)25-22-24-20(29)13-27(22)10-11-28/h2-9,12,14,28H,10-11,13H2,1H3,(H,24,25,29). The van der Waals surface area contributed by atoms with Crippen LogP contribution in [0, 0.1) is 5.82 Å². The van der Waals surface area contributed by atoms with Crippen molar-refractivity contribution in [3.63, 3.8) is 0 Å². The predicted molar refractivity (Wildman–Crippen MR) is 110 cm³/mol. The van der Waals surface area contributed by atoms with Crippen LogP contribution >= 0.6 is 0 Å². The lowest BCUT2D eigenvalue weighted by Gasteiger charge is -2.13. The molecule has 1 amide bonds. The number of aliphatic hydroxyl groups is 1.